The Kier molecular flexibility index (Phi) is 2.43. The van der Waals surface area contributed by atoms with Gasteiger partial charge in [0.1, 0.15) is 19.0 Å². The average molecular weight is 252 g/mol. The van der Waals surface area contributed by atoms with E-state index < -0.39 is 17.2 Å². The van der Waals surface area contributed by atoms with Crippen molar-refractivity contribution in [1.29, 1.82) is 0 Å². The Bertz CT molecular complexity index is 508. The molecule has 1 aliphatic heterocycles. The zero-order chi connectivity index (χ0) is 12.8. The summed E-state index contributed by atoms with van der Waals surface area (Å²) in [6.45, 7) is 0.843. The number of benzene rings is 1. The monoisotopic (exact) mass is 252 g/mol. The maximum absolute atomic E-state index is 14.0. The van der Waals surface area contributed by atoms with Crippen molar-refractivity contribution in [2.75, 3.05) is 13.2 Å². The van der Waals surface area contributed by atoms with Crippen molar-refractivity contribution in [3.05, 3.63) is 23.5 Å². The number of rotatable bonds is 3. The van der Waals surface area contributed by atoms with E-state index in [4.69, 9.17) is 14.6 Å². The third-order valence-electron chi connectivity index (χ3n) is 3.55. The molecular formula is C13H13FO4. The van der Waals surface area contributed by atoms with Gasteiger partial charge < -0.3 is 14.6 Å². The molecule has 1 aromatic carbocycles. The van der Waals surface area contributed by atoms with Gasteiger partial charge in [0.25, 0.3) is 0 Å². The van der Waals surface area contributed by atoms with Gasteiger partial charge in [-0.15, -0.1) is 0 Å². The Morgan fingerprint density at radius 3 is 2.44 bits per heavy atom. The van der Waals surface area contributed by atoms with Crippen molar-refractivity contribution in [2.24, 2.45) is 0 Å². The summed E-state index contributed by atoms with van der Waals surface area (Å²) >= 11 is 0. The van der Waals surface area contributed by atoms with Crippen LogP contribution in [0.1, 0.15) is 24.8 Å². The first kappa shape index (κ1) is 11.3. The summed E-state index contributed by atoms with van der Waals surface area (Å²) in [5.41, 5.74) is -0.111. The summed E-state index contributed by atoms with van der Waals surface area (Å²) in [5, 5.41) is 8.90. The fourth-order valence-electron chi connectivity index (χ4n) is 2.45. The molecule has 2 aliphatic rings. The number of carbonyl (C=O) groups is 1. The van der Waals surface area contributed by atoms with Crippen LogP contribution in [-0.4, -0.2) is 24.3 Å². The van der Waals surface area contributed by atoms with Crippen molar-refractivity contribution in [1.82, 2.24) is 0 Å². The highest BCUT2D eigenvalue weighted by Gasteiger charge is 2.48. The van der Waals surface area contributed by atoms with Gasteiger partial charge >= 0.3 is 5.97 Å². The van der Waals surface area contributed by atoms with Crippen molar-refractivity contribution in [3.63, 3.8) is 0 Å². The molecule has 1 N–H and O–H groups in total. The topological polar surface area (TPSA) is 55.8 Å². The van der Waals surface area contributed by atoms with Crippen LogP contribution in [0.2, 0.25) is 0 Å². The molecule has 18 heavy (non-hydrogen) atoms. The van der Waals surface area contributed by atoms with Crippen LogP contribution >= 0.6 is 0 Å². The third kappa shape index (κ3) is 1.79. The quantitative estimate of drug-likeness (QED) is 0.895. The lowest BCUT2D eigenvalue weighted by molar-refractivity contribution is -0.137. The van der Waals surface area contributed by atoms with E-state index in [-0.39, 0.29) is 6.42 Å². The SMILES string of the molecule is O=C(O)CC1(c2cc3c(cc2F)OCCO3)CC1. The number of ether oxygens (including phenoxy) is 2. The number of halogens is 1. The molecular weight excluding hydrogens is 239 g/mol. The maximum Gasteiger partial charge on any atom is 0.304 e. The Labute approximate surface area is 103 Å². The van der Waals surface area contributed by atoms with E-state index in [1.807, 2.05) is 0 Å². The molecule has 1 fully saturated rings. The summed E-state index contributed by atoms with van der Waals surface area (Å²) in [4.78, 5) is 10.8. The lowest BCUT2D eigenvalue weighted by atomic mass is 9.91. The first-order chi connectivity index (χ1) is 8.61. The summed E-state index contributed by atoms with van der Waals surface area (Å²) < 4.78 is 24.7. The minimum atomic E-state index is -0.901. The number of aliphatic carboxylic acids is 1. The first-order valence-electron chi connectivity index (χ1n) is 5.92. The maximum atomic E-state index is 14.0. The van der Waals surface area contributed by atoms with Crippen LogP contribution in [0.5, 0.6) is 11.5 Å². The molecule has 4 nitrogen and oxygen atoms in total. The molecule has 1 saturated carbocycles. The fraction of sp³-hybridized carbons (Fsp3) is 0.462. The van der Waals surface area contributed by atoms with Crippen LogP contribution in [0.3, 0.4) is 0 Å². The predicted molar refractivity (Wildman–Crippen MR) is 60.6 cm³/mol. The van der Waals surface area contributed by atoms with E-state index in [0.717, 1.165) is 0 Å². The molecule has 0 saturated heterocycles. The Hall–Kier alpha value is -1.78. The third-order valence-corrected chi connectivity index (χ3v) is 3.55. The molecule has 0 amide bonds. The molecule has 1 aliphatic carbocycles. The molecule has 5 heteroatoms. The van der Waals surface area contributed by atoms with Crippen molar-refractivity contribution in [2.45, 2.75) is 24.7 Å². The second-order valence-electron chi connectivity index (χ2n) is 4.83. The van der Waals surface area contributed by atoms with E-state index in [1.165, 1.54) is 6.07 Å². The lowest BCUT2D eigenvalue weighted by Gasteiger charge is -2.22. The lowest BCUT2D eigenvalue weighted by Crippen LogP contribution is -2.19. The van der Waals surface area contributed by atoms with Crippen LogP contribution in [-0.2, 0) is 10.2 Å². The van der Waals surface area contributed by atoms with Crippen LogP contribution in [0.25, 0.3) is 0 Å². The van der Waals surface area contributed by atoms with Gasteiger partial charge in [0.05, 0.1) is 6.42 Å². The number of carboxylic acids is 1. The summed E-state index contributed by atoms with van der Waals surface area (Å²) in [6, 6.07) is 2.89. The molecule has 0 spiro atoms. The van der Waals surface area contributed by atoms with Gasteiger partial charge in [0.2, 0.25) is 0 Å². The second kappa shape index (κ2) is 3.86. The molecule has 0 aromatic heterocycles. The largest absolute Gasteiger partial charge is 0.486 e. The summed E-state index contributed by atoms with van der Waals surface area (Å²) in [6.07, 6.45) is 1.37. The van der Waals surface area contributed by atoms with Crippen LogP contribution < -0.4 is 9.47 Å². The molecule has 0 atom stereocenters. The van der Waals surface area contributed by atoms with Gasteiger partial charge in [-0.2, -0.15) is 0 Å². The van der Waals surface area contributed by atoms with E-state index >= 15 is 0 Å². The van der Waals surface area contributed by atoms with Crippen molar-refractivity contribution in [3.8, 4) is 11.5 Å². The smallest absolute Gasteiger partial charge is 0.304 e. The zero-order valence-corrected chi connectivity index (χ0v) is 9.74. The van der Waals surface area contributed by atoms with Gasteiger partial charge in [-0.1, -0.05) is 0 Å². The van der Waals surface area contributed by atoms with E-state index in [0.29, 0.717) is 43.1 Å². The number of hydrogen-bond acceptors (Lipinski definition) is 3. The first-order valence-corrected chi connectivity index (χ1v) is 5.92. The second-order valence-corrected chi connectivity index (χ2v) is 4.83. The molecule has 1 heterocycles. The normalized spacial score (nSPS) is 19.4. The van der Waals surface area contributed by atoms with Gasteiger partial charge in [-0.05, 0) is 24.5 Å². The van der Waals surface area contributed by atoms with E-state index in [2.05, 4.69) is 0 Å². The summed E-state index contributed by atoms with van der Waals surface area (Å²) in [5.74, 6) is -0.400. The molecule has 0 bridgehead atoms. The molecule has 0 unspecified atom stereocenters. The van der Waals surface area contributed by atoms with E-state index in [1.54, 1.807) is 6.07 Å². The van der Waals surface area contributed by atoms with Crippen molar-refractivity contribution >= 4 is 5.97 Å². The minimum absolute atomic E-state index is 0.0381. The standard InChI is InChI=1S/C13H13FO4/c14-9-6-11-10(17-3-4-18-11)5-8(9)13(1-2-13)7-12(15)16/h5-6H,1-4,7H2,(H,15,16). The minimum Gasteiger partial charge on any atom is -0.486 e. The van der Waals surface area contributed by atoms with Gasteiger partial charge in [-0.3, -0.25) is 4.79 Å². The molecule has 96 valence electrons. The molecule has 3 rings (SSSR count). The number of hydrogen-bond donors (Lipinski definition) is 1. The van der Waals surface area contributed by atoms with Gasteiger partial charge in [0.15, 0.2) is 11.5 Å². The van der Waals surface area contributed by atoms with E-state index in [9.17, 15) is 9.18 Å². The highest BCUT2D eigenvalue weighted by atomic mass is 19.1. The molecule has 1 aromatic rings. The highest BCUT2D eigenvalue weighted by Crippen LogP contribution is 2.53. The predicted octanol–water partition coefficient (Wildman–Crippen LogP) is 2.10. The van der Waals surface area contributed by atoms with Crippen LogP contribution in [0, 0.1) is 5.82 Å². The van der Waals surface area contributed by atoms with Crippen LogP contribution in [0.4, 0.5) is 4.39 Å². The summed E-state index contributed by atoms with van der Waals surface area (Å²) in [7, 11) is 0. The van der Waals surface area contributed by atoms with Gasteiger partial charge in [-0.25, -0.2) is 4.39 Å². The van der Waals surface area contributed by atoms with Gasteiger partial charge in [0, 0.05) is 11.5 Å². The number of fused-ring (bicyclic) bond motifs is 1. The Balaban J connectivity index is 1.99. The fourth-order valence-corrected chi connectivity index (χ4v) is 2.45. The Morgan fingerprint density at radius 2 is 1.89 bits per heavy atom. The van der Waals surface area contributed by atoms with Crippen LogP contribution in [0.15, 0.2) is 12.1 Å². The molecule has 0 radical (unpaired) electrons. The number of carboxylic acid groups (broad SMARTS) is 1. The Morgan fingerprint density at radius 1 is 1.28 bits per heavy atom. The van der Waals surface area contributed by atoms with Crippen molar-refractivity contribution < 1.29 is 23.8 Å². The highest BCUT2D eigenvalue weighted by molar-refractivity contribution is 5.70. The average Bonchev–Trinajstić information content (AvgIpc) is 3.08. The zero-order valence-electron chi connectivity index (χ0n) is 9.74.